The fraction of sp³-hybridized carbons (Fsp3) is 1.00. The van der Waals surface area contributed by atoms with E-state index in [0.29, 0.717) is 30.4 Å². The summed E-state index contributed by atoms with van der Waals surface area (Å²) >= 11 is 0. The van der Waals surface area contributed by atoms with Crippen molar-refractivity contribution in [3.8, 4) is 0 Å². The maximum Gasteiger partial charge on any atom is 0.0628 e. The first-order valence-corrected chi connectivity index (χ1v) is 7.57. The molecular formula is C15H29NO3. The maximum absolute atomic E-state index is 6.22. The molecule has 4 heteroatoms. The molecule has 1 saturated heterocycles. The number of ether oxygens (including phenoxy) is 3. The summed E-state index contributed by atoms with van der Waals surface area (Å²) in [7, 11) is 3.56. The van der Waals surface area contributed by atoms with Crippen LogP contribution in [0.15, 0.2) is 0 Å². The molecule has 0 bridgehead atoms. The van der Waals surface area contributed by atoms with E-state index in [1.165, 1.54) is 0 Å². The molecule has 1 heterocycles. The highest BCUT2D eigenvalue weighted by Gasteiger charge is 2.36. The molecule has 112 valence electrons. The second-order valence-corrected chi connectivity index (χ2v) is 6.11. The minimum atomic E-state index is 0.423. The Morgan fingerprint density at radius 2 is 1.47 bits per heavy atom. The highest BCUT2D eigenvalue weighted by Crippen LogP contribution is 2.31. The van der Waals surface area contributed by atoms with Gasteiger partial charge < -0.3 is 14.2 Å². The van der Waals surface area contributed by atoms with E-state index in [2.05, 4.69) is 18.7 Å². The van der Waals surface area contributed by atoms with Crippen molar-refractivity contribution >= 4 is 0 Å². The lowest BCUT2D eigenvalue weighted by Crippen LogP contribution is -2.51. The predicted octanol–water partition coefficient (Wildman–Crippen LogP) is 2.07. The normalized spacial score (nSPS) is 40.1. The lowest BCUT2D eigenvalue weighted by atomic mass is 9.90. The molecule has 2 fully saturated rings. The molecular weight excluding hydrogens is 242 g/mol. The summed E-state index contributed by atoms with van der Waals surface area (Å²) in [4.78, 5) is 2.54. The molecule has 1 aliphatic heterocycles. The van der Waals surface area contributed by atoms with Crippen LogP contribution >= 0.6 is 0 Å². The van der Waals surface area contributed by atoms with Crippen molar-refractivity contribution in [3.63, 3.8) is 0 Å². The maximum atomic E-state index is 6.22. The minimum Gasteiger partial charge on any atom is -0.383 e. The van der Waals surface area contributed by atoms with E-state index in [4.69, 9.17) is 14.2 Å². The molecule has 1 saturated carbocycles. The van der Waals surface area contributed by atoms with Crippen LogP contribution in [0.3, 0.4) is 0 Å². The Hall–Kier alpha value is -0.160. The average molecular weight is 271 g/mol. The Bertz CT molecular complexity index is 256. The lowest BCUT2D eigenvalue weighted by Gasteiger charge is -2.45. The molecule has 0 aromatic heterocycles. The van der Waals surface area contributed by atoms with Crippen molar-refractivity contribution in [2.45, 2.75) is 69.9 Å². The van der Waals surface area contributed by atoms with Crippen molar-refractivity contribution in [1.82, 2.24) is 4.90 Å². The number of piperidine rings is 1. The molecule has 19 heavy (non-hydrogen) atoms. The molecule has 2 aliphatic rings. The second kappa shape index (κ2) is 7.02. The summed E-state index contributed by atoms with van der Waals surface area (Å²) < 4.78 is 16.7. The van der Waals surface area contributed by atoms with E-state index in [1.807, 2.05) is 0 Å². The van der Waals surface area contributed by atoms with Gasteiger partial charge in [-0.05, 0) is 39.5 Å². The SMILES string of the molecule is COCCN1C(C)CC(OC2CC(OC)C2)CC1C. The fourth-order valence-corrected chi connectivity index (χ4v) is 3.40. The molecule has 0 spiro atoms. The third-order valence-corrected chi connectivity index (χ3v) is 4.66. The summed E-state index contributed by atoms with van der Waals surface area (Å²) in [5, 5.41) is 0. The fourth-order valence-electron chi connectivity index (χ4n) is 3.40. The standard InChI is InChI=1S/C15H29NO3/c1-11-7-14(19-15-9-13(10-15)18-4)8-12(2)16(11)5-6-17-3/h11-15H,5-10H2,1-4H3. The summed E-state index contributed by atoms with van der Waals surface area (Å²) in [5.41, 5.74) is 0. The van der Waals surface area contributed by atoms with Crippen LogP contribution in [0.25, 0.3) is 0 Å². The van der Waals surface area contributed by atoms with Crippen molar-refractivity contribution in [2.75, 3.05) is 27.4 Å². The highest BCUT2D eigenvalue weighted by molar-refractivity contribution is 4.88. The molecule has 0 aromatic rings. The Kier molecular flexibility index (Phi) is 5.63. The number of rotatable bonds is 6. The van der Waals surface area contributed by atoms with Gasteiger partial charge in [0.05, 0.1) is 24.9 Å². The van der Waals surface area contributed by atoms with E-state index >= 15 is 0 Å². The first kappa shape index (κ1) is 15.2. The molecule has 1 aliphatic carbocycles. The molecule has 2 rings (SSSR count). The first-order valence-electron chi connectivity index (χ1n) is 7.57. The molecule has 0 aromatic carbocycles. The number of methoxy groups -OCH3 is 2. The summed E-state index contributed by atoms with van der Waals surface area (Å²) in [5.74, 6) is 0. The largest absolute Gasteiger partial charge is 0.383 e. The van der Waals surface area contributed by atoms with Crippen LogP contribution in [0.2, 0.25) is 0 Å². The Morgan fingerprint density at radius 1 is 0.895 bits per heavy atom. The molecule has 4 nitrogen and oxygen atoms in total. The van der Waals surface area contributed by atoms with Gasteiger partial charge in [0.15, 0.2) is 0 Å². The van der Waals surface area contributed by atoms with Crippen molar-refractivity contribution in [3.05, 3.63) is 0 Å². The highest BCUT2D eigenvalue weighted by atomic mass is 16.5. The Labute approximate surface area is 117 Å². The molecule has 0 N–H and O–H groups in total. The summed E-state index contributed by atoms with van der Waals surface area (Å²) in [6.07, 6.45) is 5.71. The first-order chi connectivity index (χ1) is 9.13. The molecule has 2 unspecified atom stereocenters. The van der Waals surface area contributed by atoms with E-state index in [0.717, 1.165) is 38.8 Å². The van der Waals surface area contributed by atoms with Crippen molar-refractivity contribution in [1.29, 1.82) is 0 Å². The summed E-state index contributed by atoms with van der Waals surface area (Å²) in [6.45, 7) is 6.46. The lowest BCUT2D eigenvalue weighted by molar-refractivity contribution is -0.137. The van der Waals surface area contributed by atoms with Gasteiger partial charge >= 0.3 is 0 Å². The number of nitrogens with zero attached hydrogens (tertiary/aromatic N) is 1. The average Bonchev–Trinajstić information content (AvgIpc) is 2.32. The summed E-state index contributed by atoms with van der Waals surface area (Å²) in [6, 6.07) is 1.17. The van der Waals surface area contributed by atoms with Gasteiger partial charge in [0.2, 0.25) is 0 Å². The van der Waals surface area contributed by atoms with E-state index in [9.17, 15) is 0 Å². The van der Waals surface area contributed by atoms with Crippen LogP contribution in [0.5, 0.6) is 0 Å². The smallest absolute Gasteiger partial charge is 0.0628 e. The van der Waals surface area contributed by atoms with Gasteiger partial charge in [0.1, 0.15) is 0 Å². The van der Waals surface area contributed by atoms with Gasteiger partial charge in [-0.2, -0.15) is 0 Å². The zero-order valence-electron chi connectivity index (χ0n) is 12.8. The molecule has 0 radical (unpaired) electrons. The van der Waals surface area contributed by atoms with E-state index in [1.54, 1.807) is 14.2 Å². The van der Waals surface area contributed by atoms with Crippen LogP contribution in [0, 0.1) is 0 Å². The van der Waals surface area contributed by atoms with Crippen molar-refractivity contribution < 1.29 is 14.2 Å². The zero-order chi connectivity index (χ0) is 13.8. The Balaban J connectivity index is 1.74. The minimum absolute atomic E-state index is 0.423. The second-order valence-electron chi connectivity index (χ2n) is 6.11. The quantitative estimate of drug-likeness (QED) is 0.740. The topological polar surface area (TPSA) is 30.9 Å². The van der Waals surface area contributed by atoms with Crippen LogP contribution in [0.4, 0.5) is 0 Å². The van der Waals surface area contributed by atoms with Gasteiger partial charge in [-0.1, -0.05) is 0 Å². The van der Waals surface area contributed by atoms with Gasteiger partial charge in [0.25, 0.3) is 0 Å². The van der Waals surface area contributed by atoms with Crippen LogP contribution in [-0.4, -0.2) is 62.7 Å². The van der Waals surface area contributed by atoms with Gasteiger partial charge in [0, 0.05) is 32.8 Å². The Morgan fingerprint density at radius 3 is 2.00 bits per heavy atom. The van der Waals surface area contributed by atoms with E-state index in [-0.39, 0.29) is 0 Å². The van der Waals surface area contributed by atoms with Crippen LogP contribution in [-0.2, 0) is 14.2 Å². The number of hydrogen-bond donors (Lipinski definition) is 0. The van der Waals surface area contributed by atoms with Gasteiger partial charge in [-0.3, -0.25) is 4.90 Å². The monoisotopic (exact) mass is 271 g/mol. The van der Waals surface area contributed by atoms with Gasteiger partial charge in [-0.15, -0.1) is 0 Å². The third-order valence-electron chi connectivity index (χ3n) is 4.66. The predicted molar refractivity (Wildman–Crippen MR) is 75.4 cm³/mol. The van der Waals surface area contributed by atoms with E-state index < -0.39 is 0 Å². The number of hydrogen-bond acceptors (Lipinski definition) is 4. The molecule has 2 atom stereocenters. The van der Waals surface area contributed by atoms with Crippen molar-refractivity contribution in [2.24, 2.45) is 0 Å². The molecule has 0 amide bonds. The zero-order valence-corrected chi connectivity index (χ0v) is 12.8. The van der Waals surface area contributed by atoms with Crippen LogP contribution in [0.1, 0.15) is 39.5 Å². The van der Waals surface area contributed by atoms with Crippen LogP contribution < -0.4 is 0 Å². The number of likely N-dealkylation sites (tertiary alicyclic amines) is 1. The van der Waals surface area contributed by atoms with Gasteiger partial charge in [-0.25, -0.2) is 0 Å². The third kappa shape index (κ3) is 3.91.